The number of rotatable bonds is 5. The fourth-order valence-corrected chi connectivity index (χ4v) is 3.81. The number of aromatic amines is 1. The number of aromatic hydroxyl groups is 1. The van der Waals surface area contributed by atoms with Crippen molar-refractivity contribution >= 4 is 28.5 Å². The first-order valence-electron chi connectivity index (χ1n) is 9.66. The Morgan fingerprint density at radius 3 is 2.79 bits per heavy atom. The van der Waals surface area contributed by atoms with E-state index in [1.807, 2.05) is 38.1 Å². The second-order valence-electron chi connectivity index (χ2n) is 6.95. The van der Waals surface area contributed by atoms with Gasteiger partial charge in [0.15, 0.2) is 5.82 Å². The number of nitrogens with one attached hydrogen (secondary N) is 3. The van der Waals surface area contributed by atoms with Crippen molar-refractivity contribution < 1.29 is 14.7 Å². The van der Waals surface area contributed by atoms with E-state index in [-0.39, 0.29) is 17.2 Å². The van der Waals surface area contributed by atoms with Crippen LogP contribution in [0.15, 0.2) is 36.4 Å². The zero-order valence-electron chi connectivity index (χ0n) is 16.3. The fourth-order valence-electron chi connectivity index (χ4n) is 3.81. The molecule has 1 aliphatic heterocycles. The highest BCUT2D eigenvalue weighted by molar-refractivity contribution is 6.05. The summed E-state index contributed by atoms with van der Waals surface area (Å²) in [4.78, 5) is 27.7. The highest BCUT2D eigenvalue weighted by atomic mass is 16.3. The molecule has 150 valence electrons. The van der Waals surface area contributed by atoms with Crippen molar-refractivity contribution in [3.63, 3.8) is 0 Å². The lowest BCUT2D eigenvalue weighted by Crippen LogP contribution is -2.39. The summed E-state index contributed by atoms with van der Waals surface area (Å²) in [5, 5.41) is 24.2. The zero-order valence-corrected chi connectivity index (χ0v) is 16.3. The Labute approximate surface area is 167 Å². The van der Waals surface area contributed by atoms with E-state index in [0.717, 1.165) is 11.1 Å². The minimum absolute atomic E-state index is 0.139. The molecular weight excluding hydrogens is 370 g/mol. The molecule has 1 aliphatic rings. The summed E-state index contributed by atoms with van der Waals surface area (Å²) in [6.45, 7) is 5.24. The number of likely N-dealkylation sites (N-methyl/N-ethyl adjacent to an activating group) is 1. The largest absolute Gasteiger partial charge is 0.507 e. The molecule has 3 aromatic rings. The van der Waals surface area contributed by atoms with Crippen LogP contribution in [0.4, 0.5) is 5.82 Å². The Morgan fingerprint density at radius 1 is 1.24 bits per heavy atom. The lowest BCUT2D eigenvalue weighted by atomic mass is 10.0. The summed E-state index contributed by atoms with van der Waals surface area (Å²) in [7, 11) is 0. The van der Waals surface area contributed by atoms with Gasteiger partial charge in [0.05, 0.1) is 11.1 Å². The molecule has 4 N–H and O–H groups in total. The molecule has 8 nitrogen and oxygen atoms in total. The van der Waals surface area contributed by atoms with E-state index in [1.165, 1.54) is 11.0 Å². The first-order valence-corrected chi connectivity index (χ1v) is 9.66. The van der Waals surface area contributed by atoms with Gasteiger partial charge in [-0.05, 0) is 31.0 Å². The van der Waals surface area contributed by atoms with Crippen LogP contribution in [-0.4, -0.2) is 45.1 Å². The predicted octanol–water partition coefficient (Wildman–Crippen LogP) is 2.53. The summed E-state index contributed by atoms with van der Waals surface area (Å²) in [5.41, 5.74) is 2.50. The maximum atomic E-state index is 13.4. The van der Waals surface area contributed by atoms with Crippen molar-refractivity contribution in [2.45, 2.75) is 26.4 Å². The third-order valence-corrected chi connectivity index (χ3v) is 5.12. The van der Waals surface area contributed by atoms with Crippen LogP contribution >= 0.6 is 0 Å². The molecule has 2 heterocycles. The van der Waals surface area contributed by atoms with Crippen LogP contribution in [0.3, 0.4) is 0 Å². The lowest BCUT2D eigenvalue weighted by Gasteiger charge is -2.25. The minimum Gasteiger partial charge on any atom is -0.507 e. The maximum Gasteiger partial charge on any atom is 0.258 e. The van der Waals surface area contributed by atoms with E-state index in [9.17, 15) is 14.7 Å². The van der Waals surface area contributed by atoms with Crippen molar-refractivity contribution in [1.82, 2.24) is 20.4 Å². The van der Waals surface area contributed by atoms with Crippen LogP contribution in [-0.2, 0) is 11.3 Å². The number of anilines is 1. The molecule has 0 fully saturated rings. The Morgan fingerprint density at radius 2 is 2.03 bits per heavy atom. The molecule has 0 bridgehead atoms. The highest BCUT2D eigenvalue weighted by Gasteiger charge is 2.39. The van der Waals surface area contributed by atoms with Gasteiger partial charge in [-0.2, -0.15) is 5.10 Å². The normalized spacial score (nSPS) is 15.4. The summed E-state index contributed by atoms with van der Waals surface area (Å²) in [6.07, 6.45) is 0. The van der Waals surface area contributed by atoms with E-state index < -0.39 is 11.9 Å². The monoisotopic (exact) mass is 393 g/mol. The molecule has 0 saturated heterocycles. The lowest BCUT2D eigenvalue weighted by molar-refractivity contribution is -0.125. The van der Waals surface area contributed by atoms with Crippen molar-refractivity contribution in [2.75, 3.05) is 18.4 Å². The topological polar surface area (TPSA) is 110 Å². The number of hydrogen-bond donors (Lipinski definition) is 4. The Hall–Kier alpha value is -3.55. The molecule has 8 heteroatoms. The van der Waals surface area contributed by atoms with Crippen LogP contribution in [0.2, 0.25) is 0 Å². The number of fused-ring (bicyclic) bond motifs is 2. The molecule has 4 rings (SSSR count). The number of phenols is 1. The summed E-state index contributed by atoms with van der Waals surface area (Å²) in [6, 6.07) is 9.90. The van der Waals surface area contributed by atoms with E-state index in [0.29, 0.717) is 36.4 Å². The number of aromatic nitrogens is 2. The van der Waals surface area contributed by atoms with Crippen molar-refractivity contribution in [1.29, 1.82) is 0 Å². The van der Waals surface area contributed by atoms with Crippen molar-refractivity contribution in [2.24, 2.45) is 0 Å². The fraction of sp³-hybridized carbons (Fsp3) is 0.286. The minimum atomic E-state index is -0.730. The van der Waals surface area contributed by atoms with Crippen LogP contribution in [0.1, 0.15) is 41.4 Å². The van der Waals surface area contributed by atoms with Crippen molar-refractivity contribution in [3.8, 4) is 5.75 Å². The average molecular weight is 393 g/mol. The highest BCUT2D eigenvalue weighted by Crippen LogP contribution is 2.37. The number of phenolic OH excluding ortho intramolecular Hbond substituents is 1. The number of hydrogen-bond acceptors (Lipinski definition) is 5. The average Bonchev–Trinajstić information content (AvgIpc) is 3.28. The molecule has 1 atom stereocenters. The van der Waals surface area contributed by atoms with Gasteiger partial charge in [-0.25, -0.2) is 0 Å². The van der Waals surface area contributed by atoms with Gasteiger partial charge in [0.25, 0.3) is 5.91 Å². The van der Waals surface area contributed by atoms with Gasteiger partial charge in [0.2, 0.25) is 5.91 Å². The smallest absolute Gasteiger partial charge is 0.258 e. The molecule has 0 saturated carbocycles. The molecule has 29 heavy (non-hydrogen) atoms. The van der Waals surface area contributed by atoms with E-state index >= 15 is 0 Å². The third-order valence-electron chi connectivity index (χ3n) is 5.12. The van der Waals surface area contributed by atoms with Gasteiger partial charge >= 0.3 is 0 Å². The second-order valence-corrected chi connectivity index (χ2v) is 6.95. The molecular formula is C21H23N5O3. The number of nitrogens with zero attached hydrogens (tertiary/aromatic N) is 2. The Kier molecular flexibility index (Phi) is 4.84. The zero-order chi connectivity index (χ0) is 20.5. The number of carbonyl (C=O) groups is 2. The van der Waals surface area contributed by atoms with Crippen LogP contribution < -0.4 is 10.6 Å². The van der Waals surface area contributed by atoms with E-state index in [2.05, 4.69) is 20.8 Å². The molecule has 2 amide bonds. The number of H-pyrrole nitrogens is 1. The number of benzene rings is 2. The van der Waals surface area contributed by atoms with Gasteiger partial charge in [0.1, 0.15) is 11.8 Å². The summed E-state index contributed by atoms with van der Waals surface area (Å²) in [5.74, 6) is -0.176. The second kappa shape index (κ2) is 7.46. The van der Waals surface area contributed by atoms with Gasteiger partial charge < -0.3 is 20.6 Å². The van der Waals surface area contributed by atoms with Crippen LogP contribution in [0.5, 0.6) is 5.75 Å². The quantitative estimate of drug-likeness (QED) is 0.532. The molecule has 2 aromatic carbocycles. The third kappa shape index (κ3) is 3.16. The molecule has 1 unspecified atom stereocenters. The van der Waals surface area contributed by atoms with Gasteiger partial charge in [-0.15, -0.1) is 0 Å². The summed E-state index contributed by atoms with van der Waals surface area (Å²) >= 11 is 0. The number of carbonyl (C=O) groups excluding carboxylic acids is 2. The standard InChI is InChI=1S/C21H23N5O3/c1-3-22-19-14-9-15(17(27)10-16(14)24-25-19)21(29)26-11-12-7-5-6-8-13(12)18(26)20(28)23-4-2/h5-10,18,27H,3-4,11H2,1-2H3,(H,23,28)(H2,22,24,25). The predicted molar refractivity (Wildman–Crippen MR) is 110 cm³/mol. The van der Waals surface area contributed by atoms with E-state index in [4.69, 9.17) is 0 Å². The van der Waals surface area contributed by atoms with E-state index in [1.54, 1.807) is 6.07 Å². The Balaban J connectivity index is 1.76. The molecule has 0 radical (unpaired) electrons. The Bertz CT molecular complexity index is 1090. The SMILES string of the molecule is CCNC(=O)C1c2ccccc2CN1C(=O)c1cc2c(NCC)n[nH]c2cc1O. The van der Waals surface area contributed by atoms with Gasteiger partial charge in [-0.3, -0.25) is 14.7 Å². The molecule has 1 aromatic heterocycles. The van der Waals surface area contributed by atoms with Crippen LogP contribution in [0, 0.1) is 0 Å². The van der Waals surface area contributed by atoms with Crippen LogP contribution in [0.25, 0.3) is 10.9 Å². The first-order chi connectivity index (χ1) is 14.0. The van der Waals surface area contributed by atoms with Gasteiger partial charge in [-0.1, -0.05) is 24.3 Å². The maximum absolute atomic E-state index is 13.4. The van der Waals surface area contributed by atoms with Gasteiger partial charge in [0, 0.05) is 31.1 Å². The molecule has 0 spiro atoms. The first kappa shape index (κ1) is 18.8. The number of amides is 2. The summed E-state index contributed by atoms with van der Waals surface area (Å²) < 4.78 is 0. The molecule has 0 aliphatic carbocycles. The van der Waals surface area contributed by atoms with Crippen molar-refractivity contribution in [3.05, 3.63) is 53.1 Å².